The maximum atomic E-state index is 13.5. The molecule has 0 spiro atoms. The number of nitrogens with zero attached hydrogens (tertiary/aromatic N) is 4. The van der Waals surface area contributed by atoms with Gasteiger partial charge in [0, 0.05) is 25.0 Å². The first-order valence-electron chi connectivity index (χ1n) is 12.0. The predicted molar refractivity (Wildman–Crippen MR) is 137 cm³/mol. The Morgan fingerprint density at radius 1 is 1.24 bits per heavy atom. The summed E-state index contributed by atoms with van der Waals surface area (Å²) >= 11 is 1.64. The van der Waals surface area contributed by atoms with Crippen LogP contribution in [0.25, 0.3) is 5.69 Å². The lowest BCUT2D eigenvalue weighted by Crippen LogP contribution is -2.29. The molecule has 2 heterocycles. The molecule has 1 aromatic heterocycles. The van der Waals surface area contributed by atoms with E-state index in [4.69, 9.17) is 4.74 Å². The summed E-state index contributed by atoms with van der Waals surface area (Å²) in [5.41, 5.74) is 0.143. The summed E-state index contributed by atoms with van der Waals surface area (Å²) < 4.78 is 47.7. The van der Waals surface area contributed by atoms with E-state index in [0.717, 1.165) is 23.1 Å². The molecule has 2 unspecified atom stereocenters. The lowest BCUT2D eigenvalue weighted by atomic mass is 10.1. The zero-order chi connectivity index (χ0) is 26.9. The first-order chi connectivity index (χ1) is 18.2. The Hall–Kier alpha value is -3.75. The second kappa shape index (κ2) is 10.6. The van der Waals surface area contributed by atoms with Gasteiger partial charge in [0.15, 0.2) is 5.69 Å². The number of hydrogen-bond acceptors (Lipinski definition) is 6. The number of hydrogen-bond donors (Lipinski definition) is 1. The van der Waals surface area contributed by atoms with E-state index in [2.05, 4.69) is 15.3 Å². The van der Waals surface area contributed by atoms with E-state index in [1.807, 2.05) is 30.8 Å². The number of halogens is 3. The summed E-state index contributed by atoms with van der Waals surface area (Å²) in [6.45, 7) is 0.646. The summed E-state index contributed by atoms with van der Waals surface area (Å²) in [6.07, 6.45) is -0.736. The maximum absolute atomic E-state index is 13.5. The summed E-state index contributed by atoms with van der Waals surface area (Å²) in [5.74, 6) is -0.204. The molecule has 2 aromatic carbocycles. The van der Waals surface area contributed by atoms with Crippen LogP contribution < -0.4 is 5.32 Å². The largest absolute Gasteiger partial charge is 0.435 e. The number of amides is 1. The Bertz CT molecular complexity index is 1410. The van der Waals surface area contributed by atoms with Crippen molar-refractivity contribution >= 4 is 23.4 Å². The summed E-state index contributed by atoms with van der Waals surface area (Å²) in [6, 6.07) is 15.7. The first-order valence-corrected chi connectivity index (χ1v) is 12.9. The van der Waals surface area contributed by atoms with E-state index in [1.54, 1.807) is 30.0 Å². The Balaban J connectivity index is 1.43. The number of nitrogens with one attached hydrogen (secondary N) is 1. The van der Waals surface area contributed by atoms with Crippen LogP contribution in [0.5, 0.6) is 0 Å². The minimum Gasteiger partial charge on any atom is -0.370 e. The zero-order valence-electron chi connectivity index (χ0n) is 20.4. The van der Waals surface area contributed by atoms with Crippen molar-refractivity contribution in [2.45, 2.75) is 30.5 Å². The number of nitriles is 1. The average molecular weight is 540 g/mol. The number of carbonyl (C=O) groups excluding carboxylic acids is 1. The molecule has 0 saturated heterocycles. The van der Waals surface area contributed by atoms with E-state index in [0.29, 0.717) is 24.3 Å². The van der Waals surface area contributed by atoms with Gasteiger partial charge in [0.05, 0.1) is 23.9 Å². The number of benzene rings is 2. The van der Waals surface area contributed by atoms with Crippen molar-refractivity contribution in [2.24, 2.45) is 5.92 Å². The van der Waals surface area contributed by atoms with Gasteiger partial charge in [-0.1, -0.05) is 18.2 Å². The molecule has 0 radical (unpaired) electrons. The standard InChI is InChI=1S/C27H24F3N5O2S/c1-34-10-11-38-26(34)24(37-16-17-8-9-17)19-5-3-6-20(13-19)32-25(36)22-14-23(27(28,29)30)33-35(22)21-7-2-4-18(12-21)15-31/h2-7,10-14,17,24,26H,8-9,16H2,1H3,(H,32,36). The number of aromatic nitrogens is 2. The molecule has 1 saturated carbocycles. The fourth-order valence-electron chi connectivity index (χ4n) is 4.12. The third-order valence-corrected chi connectivity index (χ3v) is 7.45. The smallest absolute Gasteiger partial charge is 0.370 e. The molecule has 1 aliphatic heterocycles. The number of rotatable bonds is 8. The van der Waals surface area contributed by atoms with Gasteiger partial charge in [-0.05, 0) is 60.1 Å². The van der Waals surface area contributed by atoms with Gasteiger partial charge in [-0.15, -0.1) is 11.8 Å². The van der Waals surface area contributed by atoms with E-state index in [9.17, 15) is 23.2 Å². The molecular weight excluding hydrogens is 515 g/mol. The van der Waals surface area contributed by atoms with Crippen LogP contribution in [0.1, 0.15) is 46.3 Å². The molecule has 5 rings (SSSR count). The van der Waals surface area contributed by atoms with Crippen molar-refractivity contribution < 1.29 is 22.7 Å². The number of thioether (sulfide) groups is 1. The SMILES string of the molecule is CN1C=CSC1C(OCC1CC1)c1cccc(NC(=O)c2cc(C(F)(F)F)nn2-c2cccc(C#N)c2)c1. The Kier molecular flexibility index (Phi) is 7.19. The van der Waals surface area contributed by atoms with Gasteiger partial charge in [-0.3, -0.25) is 4.79 Å². The molecule has 1 fully saturated rings. The van der Waals surface area contributed by atoms with Gasteiger partial charge in [0.2, 0.25) is 0 Å². The molecule has 0 bridgehead atoms. The second-order valence-corrected chi connectivity index (χ2v) is 10.3. The highest BCUT2D eigenvalue weighted by Crippen LogP contribution is 2.39. The van der Waals surface area contributed by atoms with E-state index in [1.165, 1.54) is 24.3 Å². The van der Waals surface area contributed by atoms with Gasteiger partial charge in [-0.2, -0.15) is 23.5 Å². The topological polar surface area (TPSA) is 83.2 Å². The Morgan fingerprint density at radius 3 is 2.71 bits per heavy atom. The van der Waals surface area contributed by atoms with Crippen LogP contribution in [0.2, 0.25) is 0 Å². The Morgan fingerprint density at radius 2 is 2.03 bits per heavy atom. The number of anilines is 1. The number of likely N-dealkylation sites (N-methyl/N-ethyl adjacent to an activating group) is 1. The quantitative estimate of drug-likeness (QED) is 0.381. The van der Waals surface area contributed by atoms with Crippen LogP contribution in [-0.2, 0) is 10.9 Å². The fourth-order valence-corrected chi connectivity index (χ4v) is 5.18. The molecule has 7 nitrogen and oxygen atoms in total. The van der Waals surface area contributed by atoms with E-state index >= 15 is 0 Å². The van der Waals surface area contributed by atoms with E-state index in [-0.39, 0.29) is 28.4 Å². The van der Waals surface area contributed by atoms with Gasteiger partial charge < -0.3 is 15.0 Å². The summed E-state index contributed by atoms with van der Waals surface area (Å²) in [5, 5.41) is 17.6. The third-order valence-electron chi connectivity index (χ3n) is 6.31. The summed E-state index contributed by atoms with van der Waals surface area (Å²) in [7, 11) is 1.97. The summed E-state index contributed by atoms with van der Waals surface area (Å²) in [4.78, 5) is 15.3. The van der Waals surface area contributed by atoms with Gasteiger partial charge in [-0.25, -0.2) is 4.68 Å². The molecule has 2 aliphatic rings. The molecule has 1 N–H and O–H groups in total. The lowest BCUT2D eigenvalue weighted by molar-refractivity contribution is -0.141. The van der Waals surface area contributed by atoms with Crippen molar-refractivity contribution in [2.75, 3.05) is 19.0 Å². The molecule has 11 heteroatoms. The van der Waals surface area contributed by atoms with Crippen molar-refractivity contribution in [3.63, 3.8) is 0 Å². The average Bonchev–Trinajstić information content (AvgIpc) is 3.44. The molecule has 196 valence electrons. The van der Waals surface area contributed by atoms with Crippen molar-refractivity contribution in [1.82, 2.24) is 14.7 Å². The zero-order valence-corrected chi connectivity index (χ0v) is 21.2. The minimum absolute atomic E-state index is 0.0166. The van der Waals surface area contributed by atoms with Crippen molar-refractivity contribution in [3.8, 4) is 11.8 Å². The lowest BCUT2D eigenvalue weighted by Gasteiger charge is -2.30. The highest BCUT2D eigenvalue weighted by Gasteiger charge is 2.36. The van der Waals surface area contributed by atoms with Gasteiger partial charge in [0.1, 0.15) is 17.2 Å². The molecule has 2 atom stereocenters. The Labute approximate surface area is 221 Å². The molecule has 1 amide bonds. The minimum atomic E-state index is -4.75. The van der Waals surface area contributed by atoms with Crippen LogP contribution in [0.15, 0.2) is 66.2 Å². The van der Waals surface area contributed by atoms with Gasteiger partial charge >= 0.3 is 6.18 Å². The third kappa shape index (κ3) is 5.71. The maximum Gasteiger partial charge on any atom is 0.435 e. The highest BCUT2D eigenvalue weighted by atomic mass is 32.2. The van der Waals surface area contributed by atoms with Crippen LogP contribution in [0.3, 0.4) is 0 Å². The monoisotopic (exact) mass is 539 g/mol. The van der Waals surface area contributed by atoms with Crippen LogP contribution in [0, 0.1) is 17.2 Å². The molecular formula is C27H24F3N5O2S. The number of alkyl halides is 3. The molecule has 1 aliphatic carbocycles. The molecule has 38 heavy (non-hydrogen) atoms. The van der Waals surface area contributed by atoms with Crippen molar-refractivity contribution in [3.05, 3.63) is 88.7 Å². The van der Waals surface area contributed by atoms with Crippen LogP contribution in [0.4, 0.5) is 18.9 Å². The van der Waals surface area contributed by atoms with Crippen LogP contribution in [-0.4, -0.2) is 39.6 Å². The highest BCUT2D eigenvalue weighted by molar-refractivity contribution is 8.02. The first kappa shape index (κ1) is 25.9. The fraction of sp³-hybridized carbons (Fsp3) is 0.296. The van der Waals surface area contributed by atoms with Crippen molar-refractivity contribution in [1.29, 1.82) is 5.26 Å². The van der Waals surface area contributed by atoms with Gasteiger partial charge in [0.25, 0.3) is 5.91 Å². The van der Waals surface area contributed by atoms with Crippen LogP contribution >= 0.6 is 11.8 Å². The normalized spacial score (nSPS) is 17.9. The molecule has 3 aromatic rings. The predicted octanol–water partition coefficient (Wildman–Crippen LogP) is 5.96. The number of ether oxygens (including phenoxy) is 1. The van der Waals surface area contributed by atoms with E-state index < -0.39 is 17.8 Å². The number of carbonyl (C=O) groups is 1. The second-order valence-electron chi connectivity index (χ2n) is 9.24.